The predicted octanol–water partition coefficient (Wildman–Crippen LogP) is 1.39. The maximum Gasteiger partial charge on any atom is 0.145 e. The molecule has 0 atom stereocenters. The third-order valence-corrected chi connectivity index (χ3v) is 2.60. The van der Waals surface area contributed by atoms with E-state index in [9.17, 15) is 0 Å². The minimum Gasteiger partial charge on any atom is -0.373 e. The van der Waals surface area contributed by atoms with Crippen molar-refractivity contribution < 1.29 is 9.47 Å². The molecule has 0 spiro atoms. The maximum absolute atomic E-state index is 5.52. The highest BCUT2D eigenvalue weighted by Crippen LogP contribution is 2.30. The zero-order valence-electron chi connectivity index (χ0n) is 8.81. The Morgan fingerprint density at radius 3 is 2.53 bits per heavy atom. The molecule has 0 radical (unpaired) electrons. The first-order chi connectivity index (χ1) is 7.30. The Morgan fingerprint density at radius 1 is 1.33 bits per heavy atom. The van der Waals surface area contributed by atoms with Crippen LogP contribution in [-0.4, -0.2) is 30.3 Å². The van der Waals surface area contributed by atoms with Gasteiger partial charge in [-0.1, -0.05) is 12.2 Å². The van der Waals surface area contributed by atoms with Gasteiger partial charge < -0.3 is 14.5 Å². The number of imidazole rings is 1. The van der Waals surface area contributed by atoms with Crippen molar-refractivity contribution in [2.24, 2.45) is 0 Å². The van der Waals surface area contributed by atoms with Crippen molar-refractivity contribution in [2.75, 3.05) is 14.2 Å². The van der Waals surface area contributed by atoms with Gasteiger partial charge in [0.25, 0.3) is 0 Å². The summed E-state index contributed by atoms with van der Waals surface area (Å²) in [6.07, 6.45) is 11.3. The first-order valence-electron chi connectivity index (χ1n) is 4.76. The lowest BCUT2D eigenvalue weighted by Crippen LogP contribution is -2.27. The number of methoxy groups -OCH3 is 2. The smallest absolute Gasteiger partial charge is 0.145 e. The summed E-state index contributed by atoms with van der Waals surface area (Å²) >= 11 is 0. The highest BCUT2D eigenvalue weighted by atomic mass is 16.5. The molecule has 4 nitrogen and oxygen atoms in total. The molecule has 2 rings (SSSR count). The van der Waals surface area contributed by atoms with E-state index in [1.165, 1.54) is 0 Å². The third-order valence-electron chi connectivity index (χ3n) is 2.60. The van der Waals surface area contributed by atoms with Gasteiger partial charge in [0, 0.05) is 14.2 Å². The minimum absolute atomic E-state index is 0.0243. The topological polar surface area (TPSA) is 47.1 Å². The Morgan fingerprint density at radius 2 is 2.07 bits per heavy atom. The molecule has 0 saturated carbocycles. The van der Waals surface area contributed by atoms with Gasteiger partial charge >= 0.3 is 0 Å². The van der Waals surface area contributed by atoms with Gasteiger partial charge in [0.15, 0.2) is 0 Å². The summed E-state index contributed by atoms with van der Waals surface area (Å²) in [4.78, 5) is 7.05. The second-order valence-electron chi connectivity index (χ2n) is 3.38. The summed E-state index contributed by atoms with van der Waals surface area (Å²) in [5.41, 5.74) is 0.373. The summed E-state index contributed by atoms with van der Waals surface area (Å²) in [5, 5.41) is 0. The Hall–Kier alpha value is -1.39. The van der Waals surface area contributed by atoms with Crippen LogP contribution in [0.25, 0.3) is 0 Å². The highest BCUT2D eigenvalue weighted by molar-refractivity contribution is 5.31. The van der Waals surface area contributed by atoms with E-state index >= 15 is 0 Å². The van der Waals surface area contributed by atoms with Crippen LogP contribution in [0.2, 0.25) is 0 Å². The standard InChI is InChI=1S/C11H14N2O2/c1-14-9-3-5-11(15-2,6-4-9)10-7-12-8-13-10/h3-9H,1-2H3,(H,12,13). The first-order valence-corrected chi connectivity index (χ1v) is 4.76. The average Bonchev–Trinajstić information content (AvgIpc) is 2.83. The lowest BCUT2D eigenvalue weighted by molar-refractivity contribution is 0.0626. The van der Waals surface area contributed by atoms with Gasteiger partial charge in [-0.15, -0.1) is 0 Å². The lowest BCUT2D eigenvalue weighted by Gasteiger charge is -2.28. The maximum atomic E-state index is 5.52. The molecule has 0 aliphatic heterocycles. The van der Waals surface area contributed by atoms with E-state index in [-0.39, 0.29) is 6.10 Å². The zero-order valence-corrected chi connectivity index (χ0v) is 8.81. The number of ether oxygens (including phenoxy) is 2. The van der Waals surface area contributed by atoms with E-state index in [0.29, 0.717) is 0 Å². The summed E-state index contributed by atoms with van der Waals surface area (Å²) in [6.45, 7) is 0. The van der Waals surface area contributed by atoms with Gasteiger partial charge in [-0.25, -0.2) is 4.98 Å². The number of nitrogens with one attached hydrogen (secondary N) is 1. The average molecular weight is 206 g/mol. The van der Waals surface area contributed by atoms with Crippen molar-refractivity contribution in [3.63, 3.8) is 0 Å². The number of hydrogen-bond donors (Lipinski definition) is 1. The largest absolute Gasteiger partial charge is 0.373 e. The third kappa shape index (κ3) is 1.73. The summed E-state index contributed by atoms with van der Waals surface area (Å²) < 4.78 is 10.7. The highest BCUT2D eigenvalue weighted by Gasteiger charge is 2.30. The van der Waals surface area contributed by atoms with Crippen molar-refractivity contribution in [1.29, 1.82) is 0 Å². The normalized spacial score (nSPS) is 29.6. The first kappa shape index (κ1) is 10.1. The van der Waals surface area contributed by atoms with E-state index < -0.39 is 5.60 Å². The summed E-state index contributed by atoms with van der Waals surface area (Å²) in [5.74, 6) is 0. The molecule has 80 valence electrons. The van der Waals surface area contributed by atoms with E-state index in [0.717, 1.165) is 5.69 Å². The van der Waals surface area contributed by atoms with Gasteiger partial charge in [-0.05, 0) is 12.2 Å². The van der Waals surface area contributed by atoms with E-state index in [1.54, 1.807) is 26.7 Å². The van der Waals surface area contributed by atoms with Crippen LogP contribution in [0.5, 0.6) is 0 Å². The second-order valence-corrected chi connectivity index (χ2v) is 3.38. The fourth-order valence-corrected chi connectivity index (χ4v) is 1.65. The molecule has 15 heavy (non-hydrogen) atoms. The Labute approximate surface area is 88.6 Å². The van der Waals surface area contributed by atoms with Crippen LogP contribution in [0.3, 0.4) is 0 Å². The summed E-state index contributed by atoms with van der Waals surface area (Å²) in [7, 11) is 3.35. The van der Waals surface area contributed by atoms with Crippen LogP contribution in [-0.2, 0) is 15.1 Å². The van der Waals surface area contributed by atoms with Crippen molar-refractivity contribution in [1.82, 2.24) is 9.97 Å². The van der Waals surface area contributed by atoms with Crippen LogP contribution in [0, 0.1) is 0 Å². The number of aromatic amines is 1. The quantitative estimate of drug-likeness (QED) is 0.760. The molecule has 1 aromatic heterocycles. The Kier molecular flexibility index (Phi) is 2.70. The van der Waals surface area contributed by atoms with Crippen LogP contribution >= 0.6 is 0 Å². The van der Waals surface area contributed by atoms with Crippen LogP contribution in [0.15, 0.2) is 36.8 Å². The van der Waals surface area contributed by atoms with E-state index in [1.807, 2.05) is 24.3 Å². The van der Waals surface area contributed by atoms with Gasteiger partial charge in [0.05, 0.1) is 24.3 Å². The van der Waals surface area contributed by atoms with Crippen molar-refractivity contribution in [2.45, 2.75) is 11.7 Å². The fourth-order valence-electron chi connectivity index (χ4n) is 1.65. The van der Waals surface area contributed by atoms with Gasteiger partial charge in [0.2, 0.25) is 0 Å². The molecule has 0 fully saturated rings. The van der Waals surface area contributed by atoms with Gasteiger partial charge in [-0.3, -0.25) is 0 Å². The van der Waals surface area contributed by atoms with Gasteiger partial charge in [0.1, 0.15) is 5.60 Å². The molecule has 1 aromatic rings. The fraction of sp³-hybridized carbons (Fsp3) is 0.364. The molecule has 1 aliphatic carbocycles. The number of aromatic nitrogens is 2. The van der Waals surface area contributed by atoms with E-state index in [4.69, 9.17) is 9.47 Å². The van der Waals surface area contributed by atoms with Crippen LogP contribution in [0.4, 0.5) is 0 Å². The van der Waals surface area contributed by atoms with Crippen molar-refractivity contribution >= 4 is 0 Å². The SMILES string of the molecule is COC1C=CC(OC)(c2cnc[nH]2)C=C1. The molecular formula is C11H14N2O2. The van der Waals surface area contributed by atoms with E-state index in [2.05, 4.69) is 9.97 Å². The van der Waals surface area contributed by atoms with Gasteiger partial charge in [-0.2, -0.15) is 0 Å². The summed E-state index contributed by atoms with van der Waals surface area (Å²) in [6, 6.07) is 0. The van der Waals surface area contributed by atoms with Crippen LogP contribution < -0.4 is 0 Å². The number of hydrogen-bond acceptors (Lipinski definition) is 3. The van der Waals surface area contributed by atoms with Crippen LogP contribution in [0.1, 0.15) is 5.69 Å². The Balaban J connectivity index is 2.30. The zero-order chi connectivity index (χ0) is 10.7. The number of rotatable bonds is 3. The predicted molar refractivity (Wildman–Crippen MR) is 56.4 cm³/mol. The molecule has 4 heteroatoms. The molecule has 0 aromatic carbocycles. The lowest BCUT2D eigenvalue weighted by atomic mass is 9.93. The van der Waals surface area contributed by atoms with Crippen molar-refractivity contribution in [3.05, 3.63) is 42.5 Å². The monoisotopic (exact) mass is 206 g/mol. The molecule has 1 aliphatic rings. The molecule has 1 heterocycles. The molecule has 0 bridgehead atoms. The molecule has 0 amide bonds. The number of H-pyrrole nitrogens is 1. The van der Waals surface area contributed by atoms with Crippen molar-refractivity contribution in [3.8, 4) is 0 Å². The number of nitrogens with zero attached hydrogens (tertiary/aromatic N) is 1. The molecular weight excluding hydrogens is 192 g/mol. The molecule has 0 unspecified atom stereocenters. The Bertz CT molecular complexity index is 354. The molecule has 1 N–H and O–H groups in total. The molecule has 0 saturated heterocycles. The second kappa shape index (κ2) is 4.00. The minimum atomic E-state index is -0.536.